The van der Waals surface area contributed by atoms with E-state index in [0.717, 1.165) is 9.88 Å². The summed E-state index contributed by atoms with van der Waals surface area (Å²) in [6.07, 6.45) is 0. The summed E-state index contributed by atoms with van der Waals surface area (Å²) in [5, 5.41) is 5.58. The summed E-state index contributed by atoms with van der Waals surface area (Å²) in [6, 6.07) is 10.5. The lowest BCUT2D eigenvalue weighted by atomic mass is 10.2. The highest BCUT2D eigenvalue weighted by Gasteiger charge is 2.17. The summed E-state index contributed by atoms with van der Waals surface area (Å²) in [7, 11) is 0. The number of nitrogens with two attached hydrogens (primary N) is 1. The molecule has 0 saturated carbocycles. The number of aryl methyl sites for hydroxylation is 1. The molecule has 3 N–H and O–H groups in total. The summed E-state index contributed by atoms with van der Waals surface area (Å²) < 4.78 is 0. The first-order chi connectivity index (χ1) is 11.0. The van der Waals surface area contributed by atoms with E-state index in [1.165, 1.54) is 11.3 Å². The Labute approximate surface area is 140 Å². The number of carbonyl (C=O) groups is 2. The van der Waals surface area contributed by atoms with Gasteiger partial charge in [-0.05, 0) is 36.6 Å². The molecule has 7 heteroatoms. The molecule has 5 nitrogen and oxygen atoms in total. The Morgan fingerprint density at radius 2 is 2.04 bits per heavy atom. The number of hydrogen-bond acceptors (Lipinski definition) is 5. The van der Waals surface area contributed by atoms with Crippen molar-refractivity contribution in [1.82, 2.24) is 4.98 Å². The van der Waals surface area contributed by atoms with Crippen LogP contribution in [0.3, 0.4) is 0 Å². The highest BCUT2D eigenvalue weighted by molar-refractivity contribution is 7.22. The van der Waals surface area contributed by atoms with E-state index in [-0.39, 0.29) is 5.91 Å². The molecule has 0 aliphatic heterocycles. The summed E-state index contributed by atoms with van der Waals surface area (Å²) >= 11 is 2.93. The molecular formula is C16H13N3O2S2. The number of thiazole rings is 1. The van der Waals surface area contributed by atoms with Gasteiger partial charge in [-0.2, -0.15) is 0 Å². The van der Waals surface area contributed by atoms with Gasteiger partial charge in [0.1, 0.15) is 9.88 Å². The summed E-state index contributed by atoms with van der Waals surface area (Å²) in [4.78, 5) is 29.7. The minimum absolute atomic E-state index is 0.246. The van der Waals surface area contributed by atoms with Gasteiger partial charge in [-0.1, -0.05) is 12.1 Å². The first kappa shape index (κ1) is 15.4. The Balaban J connectivity index is 1.84. The predicted octanol–water partition coefficient (Wildman–Crippen LogP) is 3.53. The number of amides is 2. The van der Waals surface area contributed by atoms with Crippen molar-refractivity contribution < 1.29 is 9.59 Å². The van der Waals surface area contributed by atoms with Crippen molar-refractivity contribution in [2.75, 3.05) is 5.32 Å². The summed E-state index contributed by atoms with van der Waals surface area (Å²) in [5.74, 6) is -0.778. The van der Waals surface area contributed by atoms with E-state index >= 15 is 0 Å². The Kier molecular flexibility index (Phi) is 4.22. The minimum atomic E-state index is -0.532. The van der Waals surface area contributed by atoms with Crippen LogP contribution in [0.5, 0.6) is 0 Å². The lowest BCUT2D eigenvalue weighted by Crippen LogP contribution is -2.14. The van der Waals surface area contributed by atoms with Crippen molar-refractivity contribution in [2.45, 2.75) is 6.92 Å². The van der Waals surface area contributed by atoms with Gasteiger partial charge in [-0.3, -0.25) is 9.59 Å². The highest BCUT2D eigenvalue weighted by Crippen LogP contribution is 2.31. The number of anilines is 1. The van der Waals surface area contributed by atoms with E-state index in [1.807, 2.05) is 24.4 Å². The van der Waals surface area contributed by atoms with E-state index in [2.05, 4.69) is 10.3 Å². The Morgan fingerprint density at radius 3 is 2.74 bits per heavy atom. The van der Waals surface area contributed by atoms with E-state index in [9.17, 15) is 9.59 Å². The number of carbonyl (C=O) groups excluding carboxylic acids is 2. The topological polar surface area (TPSA) is 85.1 Å². The van der Waals surface area contributed by atoms with Gasteiger partial charge in [0.2, 0.25) is 5.91 Å². The van der Waals surface area contributed by atoms with Crippen LogP contribution in [-0.4, -0.2) is 16.8 Å². The molecule has 0 saturated heterocycles. The molecule has 0 bridgehead atoms. The normalized spacial score (nSPS) is 10.5. The van der Waals surface area contributed by atoms with E-state index in [1.54, 1.807) is 35.6 Å². The van der Waals surface area contributed by atoms with Crippen molar-refractivity contribution in [1.29, 1.82) is 0 Å². The number of aromatic nitrogens is 1. The molecule has 116 valence electrons. The Morgan fingerprint density at radius 1 is 1.22 bits per heavy atom. The molecule has 1 aromatic carbocycles. The fourth-order valence-corrected chi connectivity index (χ4v) is 3.81. The molecule has 2 heterocycles. The van der Waals surface area contributed by atoms with Gasteiger partial charge in [-0.15, -0.1) is 22.7 Å². The van der Waals surface area contributed by atoms with Gasteiger partial charge >= 0.3 is 0 Å². The number of hydrogen-bond donors (Lipinski definition) is 2. The number of rotatable bonds is 4. The monoisotopic (exact) mass is 343 g/mol. The zero-order chi connectivity index (χ0) is 16.4. The SMILES string of the molecule is Cc1nc(-c2cccs2)sc1C(=O)Nc1cccc(C(N)=O)c1. The Bertz CT molecular complexity index is 869. The molecule has 0 fully saturated rings. The number of primary amides is 1. The third-order valence-electron chi connectivity index (χ3n) is 3.14. The fourth-order valence-electron chi connectivity index (χ4n) is 2.05. The first-order valence-electron chi connectivity index (χ1n) is 6.77. The molecule has 3 rings (SSSR count). The predicted molar refractivity (Wildman–Crippen MR) is 93.1 cm³/mol. The lowest BCUT2D eigenvalue weighted by Gasteiger charge is -2.05. The van der Waals surface area contributed by atoms with Crippen LogP contribution in [0.1, 0.15) is 25.7 Å². The second-order valence-electron chi connectivity index (χ2n) is 4.81. The molecular weight excluding hydrogens is 330 g/mol. The maximum atomic E-state index is 12.4. The average molecular weight is 343 g/mol. The fraction of sp³-hybridized carbons (Fsp3) is 0.0625. The lowest BCUT2D eigenvalue weighted by molar-refractivity contribution is 0.0996. The van der Waals surface area contributed by atoms with Crippen LogP contribution in [0.15, 0.2) is 41.8 Å². The zero-order valence-electron chi connectivity index (χ0n) is 12.2. The van der Waals surface area contributed by atoms with Crippen LogP contribution in [0, 0.1) is 6.92 Å². The van der Waals surface area contributed by atoms with Crippen LogP contribution >= 0.6 is 22.7 Å². The molecule has 0 atom stereocenters. The second kappa shape index (κ2) is 6.31. The standard InChI is InChI=1S/C16H13N3O2S2/c1-9-13(23-16(18-9)12-6-3-7-22-12)15(21)19-11-5-2-4-10(8-11)14(17)20/h2-8H,1H3,(H2,17,20)(H,19,21). The maximum Gasteiger partial charge on any atom is 0.267 e. The first-order valence-corrected chi connectivity index (χ1v) is 8.47. The van der Waals surface area contributed by atoms with Crippen molar-refractivity contribution in [3.8, 4) is 9.88 Å². The van der Waals surface area contributed by atoms with Gasteiger partial charge in [0, 0.05) is 11.3 Å². The number of nitrogens with one attached hydrogen (secondary N) is 1. The molecule has 0 aliphatic carbocycles. The maximum absolute atomic E-state index is 12.4. The smallest absolute Gasteiger partial charge is 0.267 e. The molecule has 3 aromatic rings. The minimum Gasteiger partial charge on any atom is -0.366 e. The number of benzene rings is 1. The van der Waals surface area contributed by atoms with Crippen molar-refractivity contribution in [3.63, 3.8) is 0 Å². The van der Waals surface area contributed by atoms with Crippen LogP contribution in [0.25, 0.3) is 9.88 Å². The van der Waals surface area contributed by atoms with E-state index in [4.69, 9.17) is 5.73 Å². The van der Waals surface area contributed by atoms with Crippen molar-refractivity contribution in [3.05, 3.63) is 57.9 Å². The van der Waals surface area contributed by atoms with Crippen LogP contribution in [0.2, 0.25) is 0 Å². The summed E-state index contributed by atoms with van der Waals surface area (Å²) in [5.41, 5.74) is 6.81. The quantitative estimate of drug-likeness (QED) is 0.760. The van der Waals surface area contributed by atoms with E-state index < -0.39 is 5.91 Å². The third kappa shape index (κ3) is 3.30. The Hall–Kier alpha value is -2.51. The van der Waals surface area contributed by atoms with Gasteiger partial charge < -0.3 is 11.1 Å². The third-order valence-corrected chi connectivity index (χ3v) is 5.34. The molecule has 2 amide bonds. The van der Waals surface area contributed by atoms with Crippen molar-refractivity contribution >= 4 is 40.2 Å². The molecule has 23 heavy (non-hydrogen) atoms. The largest absolute Gasteiger partial charge is 0.366 e. The number of nitrogens with zero attached hydrogens (tertiary/aromatic N) is 1. The van der Waals surface area contributed by atoms with E-state index in [0.29, 0.717) is 21.8 Å². The molecule has 0 unspecified atom stereocenters. The number of thiophene rings is 1. The van der Waals surface area contributed by atoms with Gasteiger partial charge in [0.25, 0.3) is 5.91 Å². The highest BCUT2D eigenvalue weighted by atomic mass is 32.1. The summed E-state index contributed by atoms with van der Waals surface area (Å²) in [6.45, 7) is 1.81. The van der Waals surface area contributed by atoms with Gasteiger partial charge in [0.15, 0.2) is 0 Å². The second-order valence-corrected chi connectivity index (χ2v) is 6.76. The van der Waals surface area contributed by atoms with Crippen molar-refractivity contribution in [2.24, 2.45) is 5.73 Å². The molecule has 0 spiro atoms. The van der Waals surface area contributed by atoms with Crippen LogP contribution in [0.4, 0.5) is 5.69 Å². The van der Waals surface area contributed by atoms with Crippen LogP contribution in [-0.2, 0) is 0 Å². The van der Waals surface area contributed by atoms with Gasteiger partial charge in [0.05, 0.1) is 10.6 Å². The average Bonchev–Trinajstić information content (AvgIpc) is 3.16. The molecule has 0 radical (unpaired) electrons. The zero-order valence-corrected chi connectivity index (χ0v) is 13.8. The van der Waals surface area contributed by atoms with Gasteiger partial charge in [-0.25, -0.2) is 4.98 Å². The molecule has 2 aromatic heterocycles. The molecule has 0 aliphatic rings. The van der Waals surface area contributed by atoms with Crippen LogP contribution < -0.4 is 11.1 Å².